The van der Waals surface area contributed by atoms with Crippen LogP contribution in [0.2, 0.25) is 0 Å². The van der Waals surface area contributed by atoms with E-state index in [0.717, 1.165) is 31.8 Å². The van der Waals surface area contributed by atoms with Crippen molar-refractivity contribution in [1.82, 2.24) is 4.90 Å². The zero-order valence-electron chi connectivity index (χ0n) is 12.8. The quantitative estimate of drug-likeness (QED) is 0.823. The summed E-state index contributed by atoms with van der Waals surface area (Å²) in [5, 5.41) is 0. The molecule has 1 unspecified atom stereocenters. The fourth-order valence-corrected chi connectivity index (χ4v) is 2.71. The lowest BCUT2D eigenvalue weighted by Gasteiger charge is -2.30. The number of hydrogen-bond acceptors (Lipinski definition) is 2. The Morgan fingerprint density at radius 1 is 1.17 bits per heavy atom. The number of hydrogen-bond donors (Lipinski definition) is 1. The van der Waals surface area contributed by atoms with E-state index in [-0.39, 0.29) is 5.91 Å². The molecular formula is C15H30N2O. The number of amides is 1. The van der Waals surface area contributed by atoms with E-state index in [2.05, 4.69) is 20.8 Å². The monoisotopic (exact) mass is 254 g/mol. The molecule has 106 valence electrons. The molecule has 1 saturated heterocycles. The molecule has 3 heteroatoms. The van der Waals surface area contributed by atoms with E-state index >= 15 is 0 Å². The van der Waals surface area contributed by atoms with E-state index < -0.39 is 5.54 Å². The topological polar surface area (TPSA) is 46.3 Å². The van der Waals surface area contributed by atoms with Crippen LogP contribution in [0, 0.1) is 11.3 Å². The Morgan fingerprint density at radius 2 is 1.78 bits per heavy atom. The van der Waals surface area contributed by atoms with Crippen LogP contribution < -0.4 is 5.73 Å². The number of carbonyl (C=O) groups is 1. The maximum Gasteiger partial charge on any atom is 0.224 e. The highest BCUT2D eigenvalue weighted by atomic mass is 16.2. The first kappa shape index (κ1) is 15.5. The summed E-state index contributed by atoms with van der Waals surface area (Å²) in [6, 6.07) is 0. The molecule has 0 spiro atoms. The standard InChI is InChI=1S/C15H30N2O/c1-14(2,3)12-7-6-9-17(10-8-12)13(18)11-15(4,5)16/h12H,6-11,16H2,1-5H3. The number of carbonyl (C=O) groups excluding carboxylic acids is 1. The van der Waals surface area contributed by atoms with Gasteiger partial charge in [0.1, 0.15) is 0 Å². The second kappa shape index (κ2) is 5.60. The largest absolute Gasteiger partial charge is 0.343 e. The minimum atomic E-state index is -0.396. The summed E-state index contributed by atoms with van der Waals surface area (Å²) in [4.78, 5) is 14.2. The summed E-state index contributed by atoms with van der Waals surface area (Å²) >= 11 is 0. The molecule has 0 aromatic carbocycles. The van der Waals surface area contributed by atoms with Crippen LogP contribution in [0.1, 0.15) is 60.3 Å². The molecule has 0 bridgehead atoms. The first-order chi connectivity index (χ1) is 8.09. The van der Waals surface area contributed by atoms with Crippen molar-refractivity contribution in [3.63, 3.8) is 0 Å². The molecule has 0 aromatic rings. The van der Waals surface area contributed by atoms with Crippen LogP contribution in [-0.2, 0) is 4.79 Å². The lowest BCUT2D eigenvalue weighted by atomic mass is 9.77. The van der Waals surface area contributed by atoms with Gasteiger partial charge in [-0.3, -0.25) is 4.79 Å². The van der Waals surface area contributed by atoms with Crippen molar-refractivity contribution in [2.24, 2.45) is 17.1 Å². The highest BCUT2D eigenvalue weighted by Gasteiger charge is 2.29. The maximum atomic E-state index is 12.2. The molecule has 3 nitrogen and oxygen atoms in total. The fraction of sp³-hybridized carbons (Fsp3) is 0.933. The predicted molar refractivity (Wildman–Crippen MR) is 76.3 cm³/mol. The SMILES string of the molecule is CC(C)(N)CC(=O)N1CCCC(C(C)(C)C)CC1. The lowest BCUT2D eigenvalue weighted by Crippen LogP contribution is -2.41. The molecule has 0 aliphatic carbocycles. The van der Waals surface area contributed by atoms with Gasteiger partial charge < -0.3 is 10.6 Å². The molecule has 2 N–H and O–H groups in total. The van der Waals surface area contributed by atoms with E-state index in [1.54, 1.807) is 0 Å². The van der Waals surface area contributed by atoms with Crippen molar-refractivity contribution in [2.75, 3.05) is 13.1 Å². The summed E-state index contributed by atoms with van der Waals surface area (Å²) < 4.78 is 0. The van der Waals surface area contributed by atoms with Crippen LogP contribution in [-0.4, -0.2) is 29.4 Å². The van der Waals surface area contributed by atoms with E-state index in [1.165, 1.54) is 6.42 Å². The van der Waals surface area contributed by atoms with Crippen molar-refractivity contribution in [3.8, 4) is 0 Å². The van der Waals surface area contributed by atoms with Gasteiger partial charge in [0.15, 0.2) is 0 Å². The van der Waals surface area contributed by atoms with Crippen LogP contribution in [0.5, 0.6) is 0 Å². The van der Waals surface area contributed by atoms with Gasteiger partial charge in [0.05, 0.1) is 0 Å². The lowest BCUT2D eigenvalue weighted by molar-refractivity contribution is -0.132. The van der Waals surface area contributed by atoms with Gasteiger partial charge in [-0.1, -0.05) is 20.8 Å². The summed E-state index contributed by atoms with van der Waals surface area (Å²) in [6.07, 6.45) is 3.94. The second-order valence-corrected chi connectivity index (χ2v) is 7.54. The summed E-state index contributed by atoms with van der Waals surface area (Å²) in [5.74, 6) is 0.943. The second-order valence-electron chi connectivity index (χ2n) is 7.54. The van der Waals surface area contributed by atoms with E-state index in [9.17, 15) is 4.79 Å². The molecule has 1 fully saturated rings. The summed E-state index contributed by atoms with van der Waals surface area (Å²) in [7, 11) is 0. The Balaban J connectivity index is 2.54. The van der Waals surface area contributed by atoms with Gasteiger partial charge in [0.25, 0.3) is 0 Å². The average molecular weight is 254 g/mol. The molecule has 18 heavy (non-hydrogen) atoms. The molecule has 1 rings (SSSR count). The first-order valence-corrected chi connectivity index (χ1v) is 7.16. The van der Waals surface area contributed by atoms with Gasteiger partial charge in [0.2, 0.25) is 5.91 Å². The van der Waals surface area contributed by atoms with E-state index in [4.69, 9.17) is 5.73 Å². The van der Waals surface area contributed by atoms with Gasteiger partial charge in [-0.2, -0.15) is 0 Å². The highest BCUT2D eigenvalue weighted by molar-refractivity contribution is 5.77. The van der Waals surface area contributed by atoms with E-state index in [0.29, 0.717) is 11.8 Å². The zero-order valence-corrected chi connectivity index (χ0v) is 12.8. The Labute approximate surface area is 112 Å². The van der Waals surface area contributed by atoms with Gasteiger partial charge >= 0.3 is 0 Å². The Morgan fingerprint density at radius 3 is 2.28 bits per heavy atom. The molecule has 1 amide bonds. The zero-order chi connectivity index (χ0) is 14.0. The summed E-state index contributed by atoms with van der Waals surface area (Å²) in [6.45, 7) is 12.5. The van der Waals surface area contributed by atoms with Crippen LogP contribution in [0.3, 0.4) is 0 Å². The van der Waals surface area contributed by atoms with Crippen molar-refractivity contribution in [1.29, 1.82) is 0 Å². The third-order valence-electron chi connectivity index (χ3n) is 3.91. The van der Waals surface area contributed by atoms with Crippen molar-refractivity contribution in [3.05, 3.63) is 0 Å². The van der Waals surface area contributed by atoms with Gasteiger partial charge in [-0.25, -0.2) is 0 Å². The summed E-state index contributed by atoms with van der Waals surface area (Å²) in [5.41, 5.74) is 5.89. The van der Waals surface area contributed by atoms with E-state index in [1.807, 2.05) is 18.7 Å². The van der Waals surface area contributed by atoms with Crippen molar-refractivity contribution in [2.45, 2.75) is 65.8 Å². The van der Waals surface area contributed by atoms with Crippen molar-refractivity contribution >= 4 is 5.91 Å². The van der Waals surface area contributed by atoms with Crippen molar-refractivity contribution < 1.29 is 4.79 Å². The van der Waals surface area contributed by atoms with Gasteiger partial charge in [-0.05, 0) is 44.4 Å². The molecule has 0 saturated carbocycles. The molecule has 1 atom stereocenters. The minimum absolute atomic E-state index is 0.219. The molecule has 1 aliphatic rings. The first-order valence-electron chi connectivity index (χ1n) is 7.16. The Kier molecular flexibility index (Phi) is 4.82. The third-order valence-corrected chi connectivity index (χ3v) is 3.91. The molecule has 1 aliphatic heterocycles. The molecule has 0 radical (unpaired) electrons. The third kappa shape index (κ3) is 4.97. The van der Waals surface area contributed by atoms with Crippen LogP contribution in [0.4, 0.5) is 0 Å². The molecular weight excluding hydrogens is 224 g/mol. The van der Waals surface area contributed by atoms with Crippen LogP contribution in [0.15, 0.2) is 0 Å². The maximum absolute atomic E-state index is 12.2. The minimum Gasteiger partial charge on any atom is -0.343 e. The average Bonchev–Trinajstić information content (AvgIpc) is 2.38. The molecule has 0 aromatic heterocycles. The Hall–Kier alpha value is -0.570. The number of nitrogens with zero attached hydrogens (tertiary/aromatic N) is 1. The smallest absolute Gasteiger partial charge is 0.224 e. The number of likely N-dealkylation sites (tertiary alicyclic amines) is 1. The van der Waals surface area contributed by atoms with Crippen LogP contribution in [0.25, 0.3) is 0 Å². The van der Waals surface area contributed by atoms with Gasteiger partial charge in [0, 0.05) is 25.0 Å². The normalized spacial score (nSPS) is 22.8. The van der Waals surface area contributed by atoms with Crippen LogP contribution >= 0.6 is 0 Å². The Bertz CT molecular complexity index is 286. The number of rotatable bonds is 2. The van der Waals surface area contributed by atoms with Gasteiger partial charge in [-0.15, -0.1) is 0 Å². The highest BCUT2D eigenvalue weighted by Crippen LogP contribution is 2.34. The number of nitrogens with two attached hydrogens (primary N) is 1. The fourth-order valence-electron chi connectivity index (χ4n) is 2.71. The predicted octanol–water partition coefficient (Wildman–Crippen LogP) is 2.79. The molecule has 1 heterocycles.